The summed E-state index contributed by atoms with van der Waals surface area (Å²) in [6, 6.07) is 0. The van der Waals surface area contributed by atoms with Crippen LogP contribution in [0.4, 0.5) is 0 Å². The maximum atomic E-state index is 11.2. The van der Waals surface area contributed by atoms with Crippen LogP contribution in [0.1, 0.15) is 33.1 Å². The van der Waals surface area contributed by atoms with Gasteiger partial charge >= 0.3 is 0 Å². The molecule has 11 heavy (non-hydrogen) atoms. The van der Waals surface area contributed by atoms with Crippen LogP contribution in [0, 0.1) is 5.92 Å². The second kappa shape index (κ2) is 4.15. The molecule has 0 radical (unpaired) electrons. The van der Waals surface area contributed by atoms with Crippen LogP contribution < -0.4 is 0 Å². The van der Waals surface area contributed by atoms with Crippen LogP contribution in [0.2, 0.25) is 0 Å². The summed E-state index contributed by atoms with van der Waals surface area (Å²) in [4.78, 5) is 11.2. The molecule has 0 aromatic rings. The van der Waals surface area contributed by atoms with Crippen LogP contribution in [0.15, 0.2) is 0 Å². The van der Waals surface area contributed by atoms with Gasteiger partial charge in [0, 0.05) is 11.2 Å². The molecule has 0 saturated heterocycles. The minimum Gasteiger partial charge on any atom is -0.298 e. The lowest BCUT2D eigenvalue weighted by Gasteiger charge is -2.05. The lowest BCUT2D eigenvalue weighted by Crippen LogP contribution is -2.06. The highest BCUT2D eigenvalue weighted by molar-refractivity contribution is 8.00. The SMILES string of the molecule is CCC(C)SCC(=O)C1CC1. The molecule has 0 aliphatic heterocycles. The quantitative estimate of drug-likeness (QED) is 0.634. The lowest BCUT2D eigenvalue weighted by molar-refractivity contribution is -0.117. The van der Waals surface area contributed by atoms with Crippen molar-refractivity contribution in [3.05, 3.63) is 0 Å². The van der Waals surface area contributed by atoms with Crippen molar-refractivity contribution >= 4 is 17.5 Å². The van der Waals surface area contributed by atoms with Gasteiger partial charge in [-0.05, 0) is 19.3 Å². The molecule has 2 heteroatoms. The first-order valence-electron chi connectivity index (χ1n) is 4.38. The molecule has 0 bridgehead atoms. The Balaban J connectivity index is 2.05. The number of hydrogen-bond donors (Lipinski definition) is 0. The van der Waals surface area contributed by atoms with E-state index in [0.29, 0.717) is 17.0 Å². The number of thioether (sulfide) groups is 1. The number of carbonyl (C=O) groups is 1. The van der Waals surface area contributed by atoms with Crippen molar-refractivity contribution < 1.29 is 4.79 Å². The zero-order valence-electron chi connectivity index (χ0n) is 7.30. The summed E-state index contributed by atoms with van der Waals surface area (Å²) in [5, 5.41) is 0.651. The molecule has 0 heterocycles. The van der Waals surface area contributed by atoms with E-state index in [-0.39, 0.29) is 0 Å². The Labute approximate surface area is 72.9 Å². The molecule has 64 valence electrons. The minimum absolute atomic E-state index is 0.451. The van der Waals surface area contributed by atoms with Gasteiger partial charge in [0.2, 0.25) is 0 Å². The van der Waals surface area contributed by atoms with E-state index in [1.165, 1.54) is 6.42 Å². The van der Waals surface area contributed by atoms with Gasteiger partial charge in [0.05, 0.1) is 5.75 Å². The molecule has 1 atom stereocenters. The molecule has 0 spiro atoms. The molecular weight excluding hydrogens is 156 g/mol. The van der Waals surface area contributed by atoms with Gasteiger partial charge in [-0.15, -0.1) is 0 Å². The highest BCUT2D eigenvalue weighted by Gasteiger charge is 2.29. The third kappa shape index (κ3) is 3.28. The topological polar surface area (TPSA) is 17.1 Å². The summed E-state index contributed by atoms with van der Waals surface area (Å²) < 4.78 is 0. The zero-order chi connectivity index (χ0) is 8.27. The molecule has 1 aliphatic rings. The predicted octanol–water partition coefficient (Wildman–Crippen LogP) is 2.50. The van der Waals surface area contributed by atoms with Crippen molar-refractivity contribution in [1.29, 1.82) is 0 Å². The molecule has 1 fully saturated rings. The van der Waals surface area contributed by atoms with E-state index in [4.69, 9.17) is 0 Å². The second-order valence-electron chi connectivity index (χ2n) is 3.27. The molecule has 1 saturated carbocycles. The van der Waals surface area contributed by atoms with Crippen LogP contribution >= 0.6 is 11.8 Å². The summed E-state index contributed by atoms with van der Waals surface area (Å²) in [5.41, 5.74) is 0. The first kappa shape index (κ1) is 9.11. The molecule has 1 aliphatic carbocycles. The maximum absolute atomic E-state index is 11.2. The van der Waals surface area contributed by atoms with E-state index >= 15 is 0 Å². The fourth-order valence-electron chi connectivity index (χ4n) is 0.865. The van der Waals surface area contributed by atoms with E-state index in [1.807, 2.05) is 0 Å². The van der Waals surface area contributed by atoms with Crippen LogP contribution in [-0.2, 0) is 4.79 Å². The molecule has 0 aromatic carbocycles. The summed E-state index contributed by atoms with van der Waals surface area (Å²) >= 11 is 1.80. The highest BCUT2D eigenvalue weighted by Crippen LogP contribution is 2.31. The van der Waals surface area contributed by atoms with E-state index in [1.54, 1.807) is 11.8 Å². The van der Waals surface area contributed by atoms with Crippen LogP contribution in [0.25, 0.3) is 0 Å². The first-order chi connectivity index (χ1) is 5.24. The largest absolute Gasteiger partial charge is 0.298 e. The molecule has 1 nitrogen and oxygen atoms in total. The van der Waals surface area contributed by atoms with Crippen molar-refractivity contribution in [3.63, 3.8) is 0 Å². The molecule has 0 N–H and O–H groups in total. The monoisotopic (exact) mass is 172 g/mol. The molecular formula is C9H16OS. The van der Waals surface area contributed by atoms with E-state index in [0.717, 1.165) is 18.6 Å². The van der Waals surface area contributed by atoms with Crippen LogP contribution in [0.3, 0.4) is 0 Å². The normalized spacial score (nSPS) is 19.8. The fourth-order valence-corrected chi connectivity index (χ4v) is 1.79. The fraction of sp³-hybridized carbons (Fsp3) is 0.889. The van der Waals surface area contributed by atoms with Gasteiger partial charge in [0.1, 0.15) is 5.78 Å². The average Bonchev–Trinajstić information content (AvgIpc) is 2.81. The molecule has 1 unspecified atom stereocenters. The van der Waals surface area contributed by atoms with Gasteiger partial charge in [0.15, 0.2) is 0 Å². The Bertz CT molecular complexity index is 140. The Morgan fingerprint density at radius 2 is 2.27 bits per heavy atom. The molecule has 0 amide bonds. The van der Waals surface area contributed by atoms with Gasteiger partial charge in [-0.25, -0.2) is 0 Å². The Hall–Kier alpha value is 0.0200. The Morgan fingerprint density at radius 1 is 1.64 bits per heavy atom. The van der Waals surface area contributed by atoms with Crippen molar-refractivity contribution in [2.24, 2.45) is 5.92 Å². The standard InChI is InChI=1S/C9H16OS/c1-3-7(2)11-6-9(10)8-4-5-8/h7-8H,3-6H2,1-2H3. The maximum Gasteiger partial charge on any atom is 0.145 e. The van der Waals surface area contributed by atoms with Gasteiger partial charge in [-0.3, -0.25) is 4.79 Å². The smallest absolute Gasteiger partial charge is 0.145 e. The second-order valence-corrected chi connectivity index (χ2v) is 4.70. The number of ketones is 1. The van der Waals surface area contributed by atoms with Crippen LogP contribution in [0.5, 0.6) is 0 Å². The van der Waals surface area contributed by atoms with Gasteiger partial charge in [-0.1, -0.05) is 13.8 Å². The third-order valence-corrected chi connectivity index (χ3v) is 3.47. The average molecular weight is 172 g/mol. The van der Waals surface area contributed by atoms with Gasteiger partial charge in [-0.2, -0.15) is 11.8 Å². The summed E-state index contributed by atoms with van der Waals surface area (Å²) in [7, 11) is 0. The number of Topliss-reactive ketones (excluding diaryl/α,β-unsaturated/α-hetero) is 1. The number of carbonyl (C=O) groups excluding carboxylic acids is 1. The summed E-state index contributed by atoms with van der Waals surface area (Å²) in [6.45, 7) is 4.35. The van der Waals surface area contributed by atoms with E-state index in [2.05, 4.69) is 13.8 Å². The van der Waals surface area contributed by atoms with Crippen LogP contribution in [-0.4, -0.2) is 16.8 Å². The Morgan fingerprint density at radius 3 is 2.73 bits per heavy atom. The van der Waals surface area contributed by atoms with Crippen molar-refractivity contribution in [2.75, 3.05) is 5.75 Å². The van der Waals surface area contributed by atoms with Gasteiger partial charge in [0.25, 0.3) is 0 Å². The van der Waals surface area contributed by atoms with Crippen molar-refractivity contribution in [3.8, 4) is 0 Å². The Kier molecular flexibility index (Phi) is 3.44. The van der Waals surface area contributed by atoms with Crippen molar-refractivity contribution in [2.45, 2.75) is 38.4 Å². The summed E-state index contributed by atoms with van der Waals surface area (Å²) in [6.07, 6.45) is 3.47. The first-order valence-corrected chi connectivity index (χ1v) is 5.43. The summed E-state index contributed by atoms with van der Waals surface area (Å²) in [5.74, 6) is 1.68. The number of rotatable bonds is 5. The highest BCUT2D eigenvalue weighted by atomic mass is 32.2. The number of hydrogen-bond acceptors (Lipinski definition) is 2. The van der Waals surface area contributed by atoms with Gasteiger partial charge < -0.3 is 0 Å². The minimum atomic E-state index is 0.451. The zero-order valence-corrected chi connectivity index (χ0v) is 8.12. The predicted molar refractivity (Wildman–Crippen MR) is 49.9 cm³/mol. The lowest BCUT2D eigenvalue weighted by atomic mass is 10.3. The third-order valence-electron chi connectivity index (χ3n) is 2.12. The molecule has 0 aromatic heterocycles. The molecule has 1 rings (SSSR count). The van der Waals surface area contributed by atoms with Crippen molar-refractivity contribution in [1.82, 2.24) is 0 Å². The van der Waals surface area contributed by atoms with E-state index < -0.39 is 0 Å². The van der Waals surface area contributed by atoms with E-state index in [9.17, 15) is 4.79 Å².